The molecule has 0 saturated heterocycles. The van der Waals surface area contributed by atoms with E-state index in [1.807, 2.05) is 0 Å². The second-order valence-corrected chi connectivity index (χ2v) is 5.60. The number of hydrogen-bond donors (Lipinski definition) is 1. The molecule has 1 aliphatic carbocycles. The molecule has 5 heteroatoms. The molecule has 0 unspecified atom stereocenters. The van der Waals surface area contributed by atoms with Crippen LogP contribution in [0.4, 0.5) is 5.13 Å². The molecule has 1 aromatic heterocycles. The normalized spacial score (nSPS) is 15.4. The summed E-state index contributed by atoms with van der Waals surface area (Å²) < 4.78 is 0. The lowest BCUT2D eigenvalue weighted by atomic mass is 10.2. The Kier molecular flexibility index (Phi) is 3.14. The van der Waals surface area contributed by atoms with Crippen molar-refractivity contribution in [3.05, 3.63) is 11.1 Å². The SMILES string of the molecule is CC(C)CN(c1ncc(C(=O)O)s1)C1CC1. The van der Waals surface area contributed by atoms with E-state index in [1.165, 1.54) is 30.4 Å². The molecule has 0 atom stereocenters. The predicted octanol–water partition coefficient (Wildman–Crippen LogP) is 2.47. The maximum absolute atomic E-state index is 10.8. The van der Waals surface area contributed by atoms with Gasteiger partial charge in [-0.1, -0.05) is 25.2 Å². The fraction of sp³-hybridized carbons (Fsp3) is 0.636. The summed E-state index contributed by atoms with van der Waals surface area (Å²) in [4.78, 5) is 17.6. The van der Waals surface area contributed by atoms with Gasteiger partial charge in [-0.2, -0.15) is 0 Å². The summed E-state index contributed by atoms with van der Waals surface area (Å²) in [5.41, 5.74) is 0. The number of carbonyl (C=O) groups is 1. The Hall–Kier alpha value is -1.10. The first-order valence-corrected chi connectivity index (χ1v) is 6.35. The Labute approximate surface area is 98.9 Å². The van der Waals surface area contributed by atoms with Crippen molar-refractivity contribution in [1.82, 2.24) is 4.98 Å². The van der Waals surface area contributed by atoms with Crippen molar-refractivity contribution in [3.63, 3.8) is 0 Å². The molecule has 1 fully saturated rings. The molecule has 0 radical (unpaired) electrons. The molecule has 1 aliphatic rings. The number of thiazole rings is 1. The lowest BCUT2D eigenvalue weighted by molar-refractivity contribution is 0.0702. The van der Waals surface area contributed by atoms with Crippen LogP contribution in [0, 0.1) is 5.92 Å². The van der Waals surface area contributed by atoms with Crippen molar-refractivity contribution in [2.75, 3.05) is 11.4 Å². The summed E-state index contributed by atoms with van der Waals surface area (Å²) in [7, 11) is 0. The van der Waals surface area contributed by atoms with Crippen LogP contribution in [-0.2, 0) is 0 Å². The standard InChI is InChI=1S/C11H16N2O2S/c1-7(2)6-13(8-3-4-8)11-12-5-9(16-11)10(14)15/h5,7-8H,3-4,6H2,1-2H3,(H,14,15). The maximum atomic E-state index is 10.8. The highest BCUT2D eigenvalue weighted by Gasteiger charge is 2.31. The van der Waals surface area contributed by atoms with E-state index >= 15 is 0 Å². The van der Waals surface area contributed by atoms with E-state index in [2.05, 4.69) is 23.7 Å². The highest BCUT2D eigenvalue weighted by atomic mass is 32.1. The minimum Gasteiger partial charge on any atom is -0.477 e. The molecular weight excluding hydrogens is 224 g/mol. The molecule has 88 valence electrons. The first kappa shape index (κ1) is 11.4. The van der Waals surface area contributed by atoms with Crippen LogP contribution >= 0.6 is 11.3 Å². The van der Waals surface area contributed by atoms with E-state index in [0.717, 1.165) is 11.7 Å². The van der Waals surface area contributed by atoms with Crippen molar-refractivity contribution < 1.29 is 9.90 Å². The monoisotopic (exact) mass is 240 g/mol. The molecule has 0 spiro atoms. The number of anilines is 1. The lowest BCUT2D eigenvalue weighted by Gasteiger charge is -2.23. The van der Waals surface area contributed by atoms with Crippen LogP contribution in [0.15, 0.2) is 6.20 Å². The molecule has 1 saturated carbocycles. The van der Waals surface area contributed by atoms with Gasteiger partial charge in [0.2, 0.25) is 0 Å². The van der Waals surface area contributed by atoms with Crippen LogP contribution in [-0.4, -0.2) is 28.6 Å². The summed E-state index contributed by atoms with van der Waals surface area (Å²) in [6.45, 7) is 5.29. The largest absolute Gasteiger partial charge is 0.477 e. The van der Waals surface area contributed by atoms with Crippen molar-refractivity contribution in [2.45, 2.75) is 32.7 Å². The zero-order valence-electron chi connectivity index (χ0n) is 9.51. The number of rotatable bonds is 5. The summed E-state index contributed by atoms with van der Waals surface area (Å²) in [5.74, 6) is -0.318. The van der Waals surface area contributed by atoms with Gasteiger partial charge in [-0.25, -0.2) is 9.78 Å². The van der Waals surface area contributed by atoms with E-state index < -0.39 is 5.97 Å². The van der Waals surface area contributed by atoms with Crippen molar-refractivity contribution in [3.8, 4) is 0 Å². The van der Waals surface area contributed by atoms with Crippen LogP contribution < -0.4 is 4.90 Å². The molecule has 4 nitrogen and oxygen atoms in total. The van der Waals surface area contributed by atoms with Gasteiger partial charge in [0.05, 0.1) is 6.20 Å². The highest BCUT2D eigenvalue weighted by Crippen LogP contribution is 2.34. The van der Waals surface area contributed by atoms with E-state index in [-0.39, 0.29) is 0 Å². The first-order valence-electron chi connectivity index (χ1n) is 5.53. The summed E-state index contributed by atoms with van der Waals surface area (Å²) in [5, 5.41) is 9.72. The highest BCUT2D eigenvalue weighted by molar-refractivity contribution is 7.17. The molecule has 1 aromatic rings. The molecule has 0 aromatic carbocycles. The summed E-state index contributed by atoms with van der Waals surface area (Å²) >= 11 is 1.27. The number of carboxylic acids is 1. The Morgan fingerprint density at radius 2 is 2.38 bits per heavy atom. The lowest BCUT2D eigenvalue weighted by Crippen LogP contribution is -2.29. The number of aromatic nitrogens is 1. The molecular formula is C11H16N2O2S. The minimum atomic E-state index is -0.885. The fourth-order valence-corrected chi connectivity index (χ4v) is 2.50. The van der Waals surface area contributed by atoms with Crippen LogP contribution in [0.2, 0.25) is 0 Å². The average Bonchev–Trinajstić information content (AvgIpc) is 2.91. The van der Waals surface area contributed by atoms with Crippen LogP contribution in [0.5, 0.6) is 0 Å². The summed E-state index contributed by atoms with van der Waals surface area (Å²) in [6.07, 6.45) is 3.86. The topological polar surface area (TPSA) is 53.4 Å². The van der Waals surface area contributed by atoms with Gasteiger partial charge in [0.15, 0.2) is 5.13 Å². The van der Waals surface area contributed by atoms with Gasteiger partial charge in [-0.15, -0.1) is 0 Å². The third-order valence-electron chi connectivity index (χ3n) is 2.50. The second-order valence-electron chi connectivity index (χ2n) is 4.59. The van der Waals surface area contributed by atoms with Crippen molar-refractivity contribution >= 4 is 22.4 Å². The second kappa shape index (κ2) is 4.41. The molecule has 16 heavy (non-hydrogen) atoms. The Bertz CT molecular complexity index is 385. The van der Waals surface area contributed by atoms with E-state index in [0.29, 0.717) is 16.8 Å². The number of carboxylic acid groups (broad SMARTS) is 1. The quantitative estimate of drug-likeness (QED) is 0.859. The van der Waals surface area contributed by atoms with Crippen LogP contribution in [0.1, 0.15) is 36.4 Å². The third-order valence-corrected chi connectivity index (χ3v) is 3.52. The van der Waals surface area contributed by atoms with Gasteiger partial charge in [0.1, 0.15) is 4.88 Å². The molecule has 0 amide bonds. The van der Waals surface area contributed by atoms with Crippen LogP contribution in [0.3, 0.4) is 0 Å². The molecule has 1 heterocycles. The smallest absolute Gasteiger partial charge is 0.347 e. The Balaban J connectivity index is 2.14. The van der Waals surface area contributed by atoms with Gasteiger partial charge in [-0.05, 0) is 18.8 Å². The minimum absolute atomic E-state index is 0.324. The molecule has 0 aliphatic heterocycles. The number of nitrogens with zero attached hydrogens (tertiary/aromatic N) is 2. The first-order chi connectivity index (χ1) is 7.58. The third kappa shape index (κ3) is 2.52. The van der Waals surface area contributed by atoms with Crippen molar-refractivity contribution in [1.29, 1.82) is 0 Å². The predicted molar refractivity (Wildman–Crippen MR) is 64.3 cm³/mol. The van der Waals surface area contributed by atoms with Gasteiger partial charge < -0.3 is 10.0 Å². The molecule has 2 rings (SSSR count). The van der Waals surface area contributed by atoms with Crippen molar-refractivity contribution in [2.24, 2.45) is 5.92 Å². The van der Waals surface area contributed by atoms with E-state index in [1.54, 1.807) is 0 Å². The summed E-state index contributed by atoms with van der Waals surface area (Å²) in [6, 6.07) is 0.579. The van der Waals surface area contributed by atoms with Gasteiger partial charge in [0.25, 0.3) is 0 Å². The zero-order valence-corrected chi connectivity index (χ0v) is 10.3. The number of hydrogen-bond acceptors (Lipinski definition) is 4. The van der Waals surface area contributed by atoms with Crippen LogP contribution in [0.25, 0.3) is 0 Å². The molecule has 0 bridgehead atoms. The van der Waals surface area contributed by atoms with Gasteiger partial charge in [0, 0.05) is 12.6 Å². The number of aromatic carboxylic acids is 1. The van der Waals surface area contributed by atoms with E-state index in [4.69, 9.17) is 5.11 Å². The van der Waals surface area contributed by atoms with E-state index in [9.17, 15) is 4.79 Å². The Morgan fingerprint density at radius 3 is 2.81 bits per heavy atom. The molecule has 1 N–H and O–H groups in total. The average molecular weight is 240 g/mol. The maximum Gasteiger partial charge on any atom is 0.347 e. The van der Waals surface area contributed by atoms with Gasteiger partial charge >= 0.3 is 5.97 Å². The zero-order chi connectivity index (χ0) is 11.7. The Morgan fingerprint density at radius 1 is 1.69 bits per heavy atom. The fourth-order valence-electron chi connectivity index (χ4n) is 1.66. The van der Waals surface area contributed by atoms with Gasteiger partial charge in [-0.3, -0.25) is 0 Å².